The van der Waals surface area contributed by atoms with E-state index in [0.29, 0.717) is 6.04 Å². The summed E-state index contributed by atoms with van der Waals surface area (Å²) in [5.41, 5.74) is 7.61. The van der Waals surface area contributed by atoms with Gasteiger partial charge in [-0.15, -0.1) is 0 Å². The monoisotopic (exact) mass is 234 g/mol. The SMILES string of the molecule is COc1ccc(N)cc1NC1CCC(C)CC1. The standard InChI is InChI=1S/C14H22N2O/c1-10-3-6-12(7-4-10)16-13-9-11(15)5-8-14(13)17-2/h5,8-10,12,16H,3-4,6-7,15H2,1-2H3. The third kappa shape index (κ3) is 3.05. The second-order valence-electron chi connectivity index (χ2n) is 5.06. The van der Waals surface area contributed by atoms with Gasteiger partial charge in [-0.1, -0.05) is 6.92 Å². The maximum absolute atomic E-state index is 5.81. The zero-order chi connectivity index (χ0) is 12.3. The van der Waals surface area contributed by atoms with Crippen LogP contribution in [0, 0.1) is 5.92 Å². The number of nitrogens with one attached hydrogen (secondary N) is 1. The molecule has 17 heavy (non-hydrogen) atoms. The highest BCUT2D eigenvalue weighted by molar-refractivity contribution is 5.63. The Morgan fingerprint density at radius 2 is 1.94 bits per heavy atom. The molecule has 0 spiro atoms. The number of nitrogens with two attached hydrogens (primary N) is 1. The number of methoxy groups -OCH3 is 1. The molecule has 3 N–H and O–H groups in total. The summed E-state index contributed by atoms with van der Waals surface area (Å²) in [5, 5.41) is 3.56. The van der Waals surface area contributed by atoms with E-state index in [1.165, 1.54) is 25.7 Å². The molecule has 1 aromatic rings. The first-order chi connectivity index (χ1) is 8.19. The van der Waals surface area contributed by atoms with Crippen LogP contribution < -0.4 is 15.8 Å². The maximum Gasteiger partial charge on any atom is 0.142 e. The Balaban J connectivity index is 2.04. The quantitative estimate of drug-likeness (QED) is 0.789. The molecule has 2 rings (SSSR count). The molecule has 1 fully saturated rings. The van der Waals surface area contributed by atoms with Gasteiger partial charge < -0.3 is 15.8 Å². The van der Waals surface area contributed by atoms with E-state index >= 15 is 0 Å². The molecule has 0 amide bonds. The minimum atomic E-state index is 0.557. The summed E-state index contributed by atoms with van der Waals surface area (Å²) in [6.07, 6.45) is 5.09. The molecular weight excluding hydrogens is 212 g/mol. The van der Waals surface area contributed by atoms with Gasteiger partial charge in [-0.2, -0.15) is 0 Å². The van der Waals surface area contributed by atoms with Crippen molar-refractivity contribution in [2.24, 2.45) is 5.92 Å². The van der Waals surface area contributed by atoms with E-state index in [0.717, 1.165) is 23.0 Å². The first-order valence-electron chi connectivity index (χ1n) is 6.39. The third-order valence-corrected chi connectivity index (χ3v) is 3.60. The zero-order valence-corrected chi connectivity index (χ0v) is 10.7. The van der Waals surface area contributed by atoms with Crippen molar-refractivity contribution in [3.63, 3.8) is 0 Å². The summed E-state index contributed by atoms with van der Waals surface area (Å²) >= 11 is 0. The number of ether oxygens (including phenoxy) is 1. The van der Waals surface area contributed by atoms with E-state index in [4.69, 9.17) is 10.5 Å². The van der Waals surface area contributed by atoms with Crippen LogP contribution in [-0.4, -0.2) is 13.2 Å². The molecule has 0 aliphatic heterocycles. The van der Waals surface area contributed by atoms with Crippen molar-refractivity contribution in [1.29, 1.82) is 0 Å². The fraction of sp³-hybridized carbons (Fsp3) is 0.571. The van der Waals surface area contributed by atoms with E-state index in [2.05, 4.69) is 12.2 Å². The van der Waals surface area contributed by atoms with Gasteiger partial charge in [0.05, 0.1) is 12.8 Å². The van der Waals surface area contributed by atoms with Crippen molar-refractivity contribution in [2.45, 2.75) is 38.6 Å². The largest absolute Gasteiger partial charge is 0.495 e. The van der Waals surface area contributed by atoms with Crippen LogP contribution in [0.4, 0.5) is 11.4 Å². The van der Waals surface area contributed by atoms with Gasteiger partial charge in [-0.05, 0) is 49.8 Å². The molecule has 3 nitrogen and oxygen atoms in total. The molecule has 1 aromatic carbocycles. The maximum atomic E-state index is 5.81. The van der Waals surface area contributed by atoms with Gasteiger partial charge in [0.2, 0.25) is 0 Å². The zero-order valence-electron chi connectivity index (χ0n) is 10.7. The number of hydrogen-bond acceptors (Lipinski definition) is 3. The number of rotatable bonds is 3. The average molecular weight is 234 g/mol. The van der Waals surface area contributed by atoms with Gasteiger partial charge in [-0.3, -0.25) is 0 Å². The topological polar surface area (TPSA) is 47.3 Å². The van der Waals surface area contributed by atoms with Crippen molar-refractivity contribution < 1.29 is 4.74 Å². The molecule has 94 valence electrons. The first-order valence-corrected chi connectivity index (χ1v) is 6.39. The van der Waals surface area contributed by atoms with Crippen molar-refractivity contribution >= 4 is 11.4 Å². The molecular formula is C14H22N2O. The molecule has 3 heteroatoms. The van der Waals surface area contributed by atoms with Crippen LogP contribution in [0.2, 0.25) is 0 Å². The minimum Gasteiger partial charge on any atom is -0.495 e. The Morgan fingerprint density at radius 1 is 1.24 bits per heavy atom. The van der Waals surface area contributed by atoms with E-state index in [1.807, 2.05) is 18.2 Å². The first kappa shape index (κ1) is 12.1. The van der Waals surface area contributed by atoms with Gasteiger partial charge in [0.15, 0.2) is 0 Å². The smallest absolute Gasteiger partial charge is 0.142 e. The van der Waals surface area contributed by atoms with E-state index in [1.54, 1.807) is 7.11 Å². The van der Waals surface area contributed by atoms with Gasteiger partial charge in [0.25, 0.3) is 0 Å². The van der Waals surface area contributed by atoms with E-state index < -0.39 is 0 Å². The van der Waals surface area contributed by atoms with E-state index in [9.17, 15) is 0 Å². The second-order valence-corrected chi connectivity index (χ2v) is 5.06. The molecule has 1 aliphatic carbocycles. The number of nitrogen functional groups attached to an aromatic ring is 1. The summed E-state index contributed by atoms with van der Waals surface area (Å²) in [4.78, 5) is 0. The molecule has 0 radical (unpaired) electrons. The fourth-order valence-corrected chi connectivity index (χ4v) is 2.46. The van der Waals surface area contributed by atoms with Crippen LogP contribution in [0.5, 0.6) is 5.75 Å². The molecule has 0 aromatic heterocycles. The molecule has 0 unspecified atom stereocenters. The number of benzene rings is 1. The Kier molecular flexibility index (Phi) is 3.77. The second kappa shape index (κ2) is 5.30. The average Bonchev–Trinajstić information content (AvgIpc) is 2.32. The fourth-order valence-electron chi connectivity index (χ4n) is 2.46. The Hall–Kier alpha value is -1.38. The van der Waals surface area contributed by atoms with Crippen LogP contribution in [-0.2, 0) is 0 Å². The lowest BCUT2D eigenvalue weighted by atomic mass is 9.87. The lowest BCUT2D eigenvalue weighted by Crippen LogP contribution is -2.25. The van der Waals surface area contributed by atoms with Crippen molar-refractivity contribution in [2.75, 3.05) is 18.2 Å². The van der Waals surface area contributed by atoms with Crippen LogP contribution >= 0.6 is 0 Å². The number of hydrogen-bond donors (Lipinski definition) is 2. The Labute approximate surface area is 103 Å². The molecule has 1 aliphatic rings. The normalized spacial score (nSPS) is 24.4. The Bertz CT molecular complexity index is 370. The highest BCUT2D eigenvalue weighted by atomic mass is 16.5. The lowest BCUT2D eigenvalue weighted by Gasteiger charge is -2.28. The summed E-state index contributed by atoms with van der Waals surface area (Å²) in [5.74, 6) is 1.74. The lowest BCUT2D eigenvalue weighted by molar-refractivity contribution is 0.359. The molecule has 0 heterocycles. The molecule has 1 saturated carbocycles. The van der Waals surface area contributed by atoms with Crippen LogP contribution in [0.25, 0.3) is 0 Å². The molecule has 0 saturated heterocycles. The van der Waals surface area contributed by atoms with Crippen LogP contribution in [0.3, 0.4) is 0 Å². The van der Waals surface area contributed by atoms with Gasteiger partial charge in [-0.25, -0.2) is 0 Å². The summed E-state index contributed by atoms with van der Waals surface area (Å²) in [7, 11) is 1.69. The van der Waals surface area contributed by atoms with Crippen LogP contribution in [0.1, 0.15) is 32.6 Å². The summed E-state index contributed by atoms with van der Waals surface area (Å²) < 4.78 is 5.34. The molecule has 0 bridgehead atoms. The predicted octanol–water partition coefficient (Wildman–Crippen LogP) is 3.27. The molecule has 0 atom stereocenters. The van der Waals surface area contributed by atoms with Gasteiger partial charge in [0.1, 0.15) is 5.75 Å². The highest BCUT2D eigenvalue weighted by Gasteiger charge is 2.18. The van der Waals surface area contributed by atoms with Crippen molar-refractivity contribution in [3.8, 4) is 5.75 Å². The number of anilines is 2. The van der Waals surface area contributed by atoms with E-state index in [-0.39, 0.29) is 0 Å². The van der Waals surface area contributed by atoms with Gasteiger partial charge in [0, 0.05) is 11.7 Å². The summed E-state index contributed by atoms with van der Waals surface area (Å²) in [6.45, 7) is 2.33. The Morgan fingerprint density at radius 3 is 2.59 bits per heavy atom. The third-order valence-electron chi connectivity index (χ3n) is 3.60. The van der Waals surface area contributed by atoms with Crippen LogP contribution in [0.15, 0.2) is 18.2 Å². The van der Waals surface area contributed by atoms with Gasteiger partial charge >= 0.3 is 0 Å². The van der Waals surface area contributed by atoms with Crippen molar-refractivity contribution in [1.82, 2.24) is 0 Å². The van der Waals surface area contributed by atoms with Crippen molar-refractivity contribution in [3.05, 3.63) is 18.2 Å². The summed E-state index contributed by atoms with van der Waals surface area (Å²) in [6, 6.07) is 6.30. The predicted molar refractivity (Wildman–Crippen MR) is 72.4 cm³/mol. The minimum absolute atomic E-state index is 0.557. The highest BCUT2D eigenvalue weighted by Crippen LogP contribution is 2.31.